The first kappa shape index (κ1) is 34.4. The van der Waals surface area contributed by atoms with Gasteiger partial charge in [0.2, 0.25) is 0 Å². The number of anilines is 1. The first-order chi connectivity index (χ1) is 19.9. The fraction of sp³-hybridized carbons (Fsp3) is 0.267. The maximum atomic E-state index is 11.3. The Hall–Kier alpha value is -3.13. The second-order valence-corrected chi connectivity index (χ2v) is 14.2. The molecule has 0 bridgehead atoms. The minimum Gasteiger partial charge on any atom is -0.367 e. The van der Waals surface area contributed by atoms with Crippen molar-refractivity contribution in [3.63, 3.8) is 0 Å². The molecule has 0 fully saturated rings. The van der Waals surface area contributed by atoms with E-state index in [0.717, 1.165) is 52.1 Å². The van der Waals surface area contributed by atoms with Crippen LogP contribution in [0.1, 0.15) is 21.0 Å². The van der Waals surface area contributed by atoms with Crippen molar-refractivity contribution in [2.75, 3.05) is 43.7 Å². The lowest BCUT2D eigenvalue weighted by Gasteiger charge is -2.24. The van der Waals surface area contributed by atoms with Crippen molar-refractivity contribution in [1.82, 2.24) is 4.98 Å². The maximum Gasteiger partial charge on any atom is 0.264 e. The zero-order chi connectivity index (χ0) is 30.2. The van der Waals surface area contributed by atoms with Gasteiger partial charge in [0, 0.05) is 41.9 Å². The van der Waals surface area contributed by atoms with Crippen LogP contribution < -0.4 is 4.90 Å². The van der Waals surface area contributed by atoms with Crippen LogP contribution in [0.25, 0.3) is 11.3 Å². The van der Waals surface area contributed by atoms with Crippen LogP contribution in [0.15, 0.2) is 83.9 Å². The van der Waals surface area contributed by atoms with Gasteiger partial charge in [0.25, 0.3) is 20.2 Å². The van der Waals surface area contributed by atoms with Crippen molar-refractivity contribution in [2.24, 2.45) is 4.99 Å². The Morgan fingerprint density at radius 3 is 1.98 bits per heavy atom. The van der Waals surface area contributed by atoms with Gasteiger partial charge in [-0.3, -0.25) is 13.4 Å². The van der Waals surface area contributed by atoms with E-state index in [0.29, 0.717) is 0 Å². The van der Waals surface area contributed by atoms with E-state index in [4.69, 9.17) is 13.4 Å². The summed E-state index contributed by atoms with van der Waals surface area (Å²) in [5, 5.41) is 1.09. The lowest BCUT2D eigenvalue weighted by Crippen LogP contribution is -2.32. The van der Waals surface area contributed by atoms with E-state index in [1.807, 2.05) is 66.7 Å². The number of thiazole rings is 1. The van der Waals surface area contributed by atoms with Crippen LogP contribution in [-0.2, 0) is 35.0 Å². The Balaban J connectivity index is 0.00000506. The van der Waals surface area contributed by atoms with Crippen LogP contribution in [-0.4, -0.2) is 66.8 Å². The zero-order valence-electron chi connectivity index (χ0n) is 24.0. The molecule has 4 rings (SSSR count). The van der Waals surface area contributed by atoms with E-state index >= 15 is 0 Å². The fourth-order valence-electron chi connectivity index (χ4n) is 4.16. The SMILES string of the molecule is Cc1sc(Cc2ccccc2)nc1-c1ccc(N=Cc2ccc(N(CCOS(C)(=O)=O)CCOS(C)(=O)=O)cc2)cc1.Cl. The van der Waals surface area contributed by atoms with Gasteiger partial charge in [0.15, 0.2) is 0 Å². The van der Waals surface area contributed by atoms with Gasteiger partial charge in [-0.1, -0.05) is 54.6 Å². The highest BCUT2D eigenvalue weighted by Gasteiger charge is 2.12. The number of hydrogen-bond acceptors (Lipinski definition) is 10. The summed E-state index contributed by atoms with van der Waals surface area (Å²) >= 11 is 1.72. The first-order valence-electron chi connectivity index (χ1n) is 13.1. The highest BCUT2D eigenvalue weighted by Crippen LogP contribution is 2.30. The molecule has 43 heavy (non-hydrogen) atoms. The minimum atomic E-state index is -3.59. The number of benzene rings is 3. The molecule has 0 saturated heterocycles. The van der Waals surface area contributed by atoms with Crippen molar-refractivity contribution < 1.29 is 25.2 Å². The highest BCUT2D eigenvalue weighted by atomic mass is 35.5. The van der Waals surface area contributed by atoms with Gasteiger partial charge in [-0.25, -0.2) is 4.98 Å². The average Bonchev–Trinajstić information content (AvgIpc) is 3.30. The summed E-state index contributed by atoms with van der Waals surface area (Å²) in [4.78, 5) is 12.4. The summed E-state index contributed by atoms with van der Waals surface area (Å²) in [7, 11) is -7.18. The monoisotopic (exact) mass is 663 g/mol. The predicted octanol–water partition coefficient (Wildman–Crippen LogP) is 5.64. The Kier molecular flexibility index (Phi) is 12.4. The zero-order valence-corrected chi connectivity index (χ0v) is 27.3. The molecule has 3 aromatic carbocycles. The molecule has 230 valence electrons. The molecule has 0 spiro atoms. The van der Waals surface area contributed by atoms with E-state index in [1.54, 1.807) is 22.5 Å². The van der Waals surface area contributed by atoms with Crippen molar-refractivity contribution in [3.05, 3.63) is 99.9 Å². The minimum absolute atomic E-state index is 0. The van der Waals surface area contributed by atoms with E-state index < -0.39 is 20.2 Å². The number of nitrogens with zero attached hydrogens (tertiary/aromatic N) is 3. The molecular weight excluding hydrogens is 630 g/mol. The summed E-state index contributed by atoms with van der Waals surface area (Å²) < 4.78 is 55.0. The summed E-state index contributed by atoms with van der Waals surface area (Å²) in [5.41, 5.74) is 5.71. The molecule has 0 saturated carbocycles. The molecule has 0 amide bonds. The lowest BCUT2D eigenvalue weighted by molar-refractivity contribution is 0.309. The summed E-state index contributed by atoms with van der Waals surface area (Å²) in [6, 6.07) is 25.7. The molecule has 0 radical (unpaired) electrons. The Labute approximate surface area is 263 Å². The second kappa shape index (κ2) is 15.6. The Morgan fingerprint density at radius 1 is 0.837 bits per heavy atom. The standard InChI is InChI=1S/C30H33N3O6S3.ClH/c1-23-30(32-29(40-23)21-24-7-5-4-6-8-24)26-11-13-27(14-12-26)31-22-25-9-15-28(16-10-25)33(17-19-38-41(2,34)35)18-20-39-42(3,36)37;/h4-16,22H,17-21H2,1-3H3;1H. The maximum absolute atomic E-state index is 11.3. The van der Waals surface area contributed by atoms with E-state index in [-0.39, 0.29) is 38.7 Å². The number of aryl methyl sites for hydroxylation is 1. The molecule has 0 unspecified atom stereocenters. The molecule has 4 aromatic rings. The van der Waals surface area contributed by atoms with Crippen LogP contribution in [0.4, 0.5) is 11.4 Å². The summed E-state index contributed by atoms with van der Waals surface area (Å²) in [6.07, 6.45) is 4.53. The summed E-state index contributed by atoms with van der Waals surface area (Å²) in [5.74, 6) is 0. The topological polar surface area (TPSA) is 115 Å². The largest absolute Gasteiger partial charge is 0.367 e. The molecule has 0 atom stereocenters. The molecule has 0 aliphatic heterocycles. The van der Waals surface area contributed by atoms with E-state index in [1.165, 1.54) is 10.4 Å². The lowest BCUT2D eigenvalue weighted by atomic mass is 10.1. The van der Waals surface area contributed by atoms with E-state index in [2.05, 4.69) is 24.0 Å². The van der Waals surface area contributed by atoms with Gasteiger partial charge >= 0.3 is 0 Å². The molecule has 0 aliphatic carbocycles. The molecule has 1 heterocycles. The molecule has 9 nitrogen and oxygen atoms in total. The number of halogens is 1. The van der Waals surface area contributed by atoms with Crippen LogP contribution in [0.3, 0.4) is 0 Å². The first-order valence-corrected chi connectivity index (χ1v) is 17.6. The van der Waals surface area contributed by atoms with Crippen LogP contribution in [0.2, 0.25) is 0 Å². The third-order valence-electron chi connectivity index (χ3n) is 6.12. The third kappa shape index (κ3) is 11.5. The number of rotatable bonds is 14. The van der Waals surface area contributed by atoms with Crippen molar-refractivity contribution in [3.8, 4) is 11.3 Å². The predicted molar refractivity (Wildman–Crippen MR) is 176 cm³/mol. The molecule has 0 aliphatic rings. The molecule has 1 aromatic heterocycles. The van der Waals surface area contributed by atoms with Crippen molar-refractivity contribution in [1.29, 1.82) is 0 Å². The van der Waals surface area contributed by atoms with Gasteiger partial charge in [-0.2, -0.15) is 16.8 Å². The molecule has 13 heteroatoms. The van der Waals surface area contributed by atoms with Crippen LogP contribution in [0.5, 0.6) is 0 Å². The van der Waals surface area contributed by atoms with Gasteiger partial charge < -0.3 is 4.90 Å². The number of aromatic nitrogens is 1. The quantitative estimate of drug-likeness (QED) is 0.126. The van der Waals surface area contributed by atoms with Crippen LogP contribution in [0, 0.1) is 6.92 Å². The number of hydrogen-bond donors (Lipinski definition) is 0. The summed E-state index contributed by atoms with van der Waals surface area (Å²) in [6.45, 7) is 2.39. The van der Waals surface area contributed by atoms with Gasteiger partial charge in [0.1, 0.15) is 0 Å². The van der Waals surface area contributed by atoms with Crippen molar-refractivity contribution >= 4 is 61.6 Å². The van der Waals surface area contributed by atoms with Crippen LogP contribution >= 0.6 is 23.7 Å². The molecule has 0 N–H and O–H groups in total. The van der Waals surface area contributed by atoms with Gasteiger partial charge in [0.05, 0.1) is 42.1 Å². The van der Waals surface area contributed by atoms with Crippen molar-refractivity contribution in [2.45, 2.75) is 13.3 Å². The fourth-order valence-corrected chi connectivity index (χ4v) is 5.90. The Morgan fingerprint density at radius 2 is 1.42 bits per heavy atom. The van der Waals surface area contributed by atoms with E-state index in [9.17, 15) is 16.8 Å². The average molecular weight is 664 g/mol. The van der Waals surface area contributed by atoms with Gasteiger partial charge in [-0.05, 0) is 42.3 Å². The van der Waals surface area contributed by atoms with Gasteiger partial charge in [-0.15, -0.1) is 23.7 Å². The molecular formula is C30H34ClN3O6S3. The smallest absolute Gasteiger partial charge is 0.264 e. The second-order valence-electron chi connectivity index (χ2n) is 9.61. The Bertz CT molecular complexity index is 1670. The normalized spacial score (nSPS) is 11.9. The third-order valence-corrected chi connectivity index (χ3v) is 8.28. The highest BCUT2D eigenvalue weighted by molar-refractivity contribution is 7.86. The number of aliphatic imine (C=N–C) groups is 1.